The minimum Gasteiger partial charge on any atom is -0.493 e. The number of halogens is 1. The number of aryl methyl sites for hydroxylation is 1. The van der Waals surface area contributed by atoms with Crippen molar-refractivity contribution in [2.75, 3.05) is 6.61 Å². The molecule has 0 aliphatic carbocycles. The van der Waals surface area contributed by atoms with E-state index in [2.05, 4.69) is 12.1 Å². The molecule has 1 atom stereocenters. The first-order valence-corrected chi connectivity index (χ1v) is 6.81. The second-order valence-corrected chi connectivity index (χ2v) is 4.80. The normalized spacial score (nSPS) is 12.2. The van der Waals surface area contributed by atoms with Gasteiger partial charge in [-0.1, -0.05) is 30.3 Å². The molecule has 0 fully saturated rings. The largest absolute Gasteiger partial charge is 0.493 e. The number of hydrogen-bond acceptors (Lipinski definition) is 2. The van der Waals surface area contributed by atoms with E-state index in [1.807, 2.05) is 18.2 Å². The molecule has 2 aromatic rings. The Kier molecular flexibility index (Phi) is 5.13. The minimum absolute atomic E-state index is 0.293. The first-order valence-electron chi connectivity index (χ1n) is 6.81. The molecule has 106 valence electrons. The maximum absolute atomic E-state index is 13.6. The van der Waals surface area contributed by atoms with Gasteiger partial charge in [0, 0.05) is 11.6 Å². The van der Waals surface area contributed by atoms with Crippen molar-refractivity contribution in [2.45, 2.75) is 25.9 Å². The molecule has 0 heterocycles. The molecular weight excluding hydrogens is 255 g/mol. The number of benzene rings is 2. The zero-order valence-corrected chi connectivity index (χ0v) is 11.6. The van der Waals surface area contributed by atoms with Crippen LogP contribution in [0, 0.1) is 5.82 Å². The number of hydrogen-bond donors (Lipinski definition) is 1. The Morgan fingerprint density at radius 2 is 1.90 bits per heavy atom. The SMILES string of the molecule is C[C@@H](O)c1ccc(OCCCc2ccccc2)cc1F. The van der Waals surface area contributed by atoms with Gasteiger partial charge >= 0.3 is 0 Å². The van der Waals surface area contributed by atoms with Gasteiger partial charge in [-0.3, -0.25) is 0 Å². The first-order chi connectivity index (χ1) is 9.66. The van der Waals surface area contributed by atoms with Crippen LogP contribution in [0.15, 0.2) is 48.5 Å². The van der Waals surface area contributed by atoms with E-state index in [-0.39, 0.29) is 0 Å². The lowest BCUT2D eigenvalue weighted by molar-refractivity contribution is 0.194. The van der Waals surface area contributed by atoms with Gasteiger partial charge in [0.05, 0.1) is 12.7 Å². The van der Waals surface area contributed by atoms with Gasteiger partial charge < -0.3 is 9.84 Å². The van der Waals surface area contributed by atoms with Crippen LogP contribution in [-0.2, 0) is 6.42 Å². The van der Waals surface area contributed by atoms with Crippen molar-refractivity contribution in [1.82, 2.24) is 0 Å². The predicted molar refractivity (Wildman–Crippen MR) is 77.3 cm³/mol. The van der Waals surface area contributed by atoms with Crippen molar-refractivity contribution in [3.8, 4) is 5.75 Å². The highest BCUT2D eigenvalue weighted by Gasteiger charge is 2.08. The van der Waals surface area contributed by atoms with E-state index in [1.54, 1.807) is 19.1 Å². The van der Waals surface area contributed by atoms with E-state index in [0.717, 1.165) is 12.8 Å². The Hall–Kier alpha value is -1.87. The molecule has 20 heavy (non-hydrogen) atoms. The van der Waals surface area contributed by atoms with Gasteiger partial charge in [0.2, 0.25) is 0 Å². The van der Waals surface area contributed by atoms with Gasteiger partial charge in [-0.25, -0.2) is 4.39 Å². The quantitative estimate of drug-likeness (QED) is 0.810. The van der Waals surface area contributed by atoms with Gasteiger partial charge in [-0.15, -0.1) is 0 Å². The maximum Gasteiger partial charge on any atom is 0.132 e. The second-order valence-electron chi connectivity index (χ2n) is 4.80. The summed E-state index contributed by atoms with van der Waals surface area (Å²) in [6, 6.07) is 14.8. The van der Waals surface area contributed by atoms with Crippen molar-refractivity contribution in [1.29, 1.82) is 0 Å². The van der Waals surface area contributed by atoms with Gasteiger partial charge in [-0.2, -0.15) is 0 Å². The molecule has 0 radical (unpaired) electrons. The zero-order chi connectivity index (χ0) is 14.4. The van der Waals surface area contributed by atoms with Crippen LogP contribution in [-0.4, -0.2) is 11.7 Å². The standard InChI is InChI=1S/C17H19FO2/c1-13(19)16-10-9-15(12-17(16)18)20-11-5-8-14-6-3-2-4-7-14/h2-4,6-7,9-10,12-13,19H,5,8,11H2,1H3/t13-/m1/s1. The summed E-state index contributed by atoms with van der Waals surface area (Å²) in [4.78, 5) is 0. The summed E-state index contributed by atoms with van der Waals surface area (Å²) < 4.78 is 19.2. The Bertz CT molecular complexity index is 538. The van der Waals surface area contributed by atoms with Crippen molar-refractivity contribution >= 4 is 0 Å². The van der Waals surface area contributed by atoms with Crippen LogP contribution >= 0.6 is 0 Å². The van der Waals surface area contributed by atoms with Crippen LogP contribution < -0.4 is 4.74 Å². The fourth-order valence-corrected chi connectivity index (χ4v) is 2.05. The van der Waals surface area contributed by atoms with Gasteiger partial charge in [0.15, 0.2) is 0 Å². The summed E-state index contributed by atoms with van der Waals surface area (Å²) in [6.45, 7) is 2.08. The number of aliphatic hydroxyl groups is 1. The van der Waals surface area contributed by atoms with E-state index < -0.39 is 11.9 Å². The van der Waals surface area contributed by atoms with Crippen molar-refractivity contribution < 1.29 is 14.2 Å². The van der Waals surface area contributed by atoms with Crippen LogP contribution in [0.25, 0.3) is 0 Å². The highest BCUT2D eigenvalue weighted by Crippen LogP contribution is 2.21. The Labute approximate surface area is 118 Å². The van der Waals surface area contributed by atoms with E-state index in [9.17, 15) is 9.50 Å². The van der Waals surface area contributed by atoms with E-state index in [4.69, 9.17) is 4.74 Å². The van der Waals surface area contributed by atoms with Crippen LogP contribution in [0.2, 0.25) is 0 Å². The third-order valence-corrected chi connectivity index (χ3v) is 3.14. The van der Waals surface area contributed by atoms with Crippen LogP contribution in [0.1, 0.15) is 30.6 Å². The van der Waals surface area contributed by atoms with E-state index in [1.165, 1.54) is 11.6 Å². The lowest BCUT2D eigenvalue weighted by Crippen LogP contribution is -2.01. The predicted octanol–water partition coefficient (Wildman–Crippen LogP) is 3.89. The monoisotopic (exact) mass is 274 g/mol. The highest BCUT2D eigenvalue weighted by atomic mass is 19.1. The summed E-state index contributed by atoms with van der Waals surface area (Å²) in [5.74, 6) is 0.0699. The van der Waals surface area contributed by atoms with Crippen molar-refractivity contribution in [2.24, 2.45) is 0 Å². The maximum atomic E-state index is 13.6. The third kappa shape index (κ3) is 4.07. The molecule has 2 rings (SSSR count). The Morgan fingerprint density at radius 1 is 1.15 bits per heavy atom. The van der Waals surface area contributed by atoms with Gasteiger partial charge in [0.25, 0.3) is 0 Å². The molecule has 0 aromatic heterocycles. The van der Waals surface area contributed by atoms with Crippen molar-refractivity contribution in [3.63, 3.8) is 0 Å². The molecule has 0 aliphatic rings. The molecule has 0 aliphatic heterocycles. The fraction of sp³-hybridized carbons (Fsp3) is 0.294. The van der Waals surface area contributed by atoms with Gasteiger partial charge in [0.1, 0.15) is 11.6 Å². The molecule has 2 nitrogen and oxygen atoms in total. The van der Waals surface area contributed by atoms with Crippen molar-refractivity contribution in [3.05, 3.63) is 65.5 Å². The molecule has 3 heteroatoms. The zero-order valence-electron chi connectivity index (χ0n) is 11.6. The topological polar surface area (TPSA) is 29.5 Å². The van der Waals surface area contributed by atoms with E-state index in [0.29, 0.717) is 17.9 Å². The molecular formula is C17H19FO2. The minimum atomic E-state index is -0.804. The van der Waals surface area contributed by atoms with Crippen LogP contribution in [0.4, 0.5) is 4.39 Å². The smallest absolute Gasteiger partial charge is 0.132 e. The summed E-state index contributed by atoms with van der Waals surface area (Å²) in [7, 11) is 0. The average molecular weight is 274 g/mol. The summed E-state index contributed by atoms with van der Waals surface area (Å²) in [5.41, 5.74) is 1.56. The Morgan fingerprint density at radius 3 is 2.55 bits per heavy atom. The first kappa shape index (κ1) is 14.5. The molecule has 1 N–H and O–H groups in total. The summed E-state index contributed by atoms with van der Waals surface area (Å²) in [5, 5.41) is 9.35. The fourth-order valence-electron chi connectivity index (χ4n) is 2.05. The Balaban J connectivity index is 1.81. The van der Waals surface area contributed by atoms with Crippen LogP contribution in [0.3, 0.4) is 0 Å². The number of aliphatic hydroxyl groups excluding tert-OH is 1. The molecule has 0 spiro atoms. The molecule has 0 saturated heterocycles. The molecule has 0 bridgehead atoms. The number of rotatable bonds is 6. The summed E-state index contributed by atoms with van der Waals surface area (Å²) in [6.07, 6.45) is 1.01. The highest BCUT2D eigenvalue weighted by molar-refractivity contribution is 5.30. The average Bonchev–Trinajstić information content (AvgIpc) is 2.44. The molecule has 0 unspecified atom stereocenters. The second kappa shape index (κ2) is 7.06. The lowest BCUT2D eigenvalue weighted by atomic mass is 10.1. The van der Waals surface area contributed by atoms with Gasteiger partial charge in [-0.05, 0) is 37.5 Å². The van der Waals surface area contributed by atoms with E-state index >= 15 is 0 Å². The third-order valence-electron chi connectivity index (χ3n) is 3.14. The molecule has 0 amide bonds. The summed E-state index contributed by atoms with van der Waals surface area (Å²) >= 11 is 0. The number of ether oxygens (including phenoxy) is 1. The lowest BCUT2D eigenvalue weighted by Gasteiger charge is -2.10. The molecule has 0 saturated carbocycles. The molecule has 2 aromatic carbocycles. The van der Waals surface area contributed by atoms with Crippen LogP contribution in [0.5, 0.6) is 5.75 Å².